The SMILES string of the molecule is CCNC(=NCc1ccnc(N2CCCC2)c1)NCCOc1ccc(C)cc1.I. The number of hydrogen-bond acceptors (Lipinski definition) is 4. The Morgan fingerprint density at radius 2 is 1.90 bits per heavy atom. The van der Waals surface area contributed by atoms with Gasteiger partial charge in [0.2, 0.25) is 0 Å². The Kier molecular flexibility index (Phi) is 10.0. The van der Waals surface area contributed by atoms with Crippen LogP contribution >= 0.6 is 24.0 Å². The Hall–Kier alpha value is -2.03. The van der Waals surface area contributed by atoms with Gasteiger partial charge in [-0.15, -0.1) is 24.0 Å². The lowest BCUT2D eigenvalue weighted by molar-refractivity contribution is 0.322. The zero-order valence-corrected chi connectivity index (χ0v) is 19.7. The molecule has 0 saturated carbocycles. The first kappa shape index (κ1) is 23.3. The summed E-state index contributed by atoms with van der Waals surface area (Å²) >= 11 is 0. The molecule has 7 heteroatoms. The molecule has 1 saturated heterocycles. The van der Waals surface area contributed by atoms with Crippen LogP contribution in [0, 0.1) is 6.92 Å². The number of ether oxygens (including phenoxy) is 1. The maximum Gasteiger partial charge on any atom is 0.191 e. The van der Waals surface area contributed by atoms with E-state index in [4.69, 9.17) is 9.73 Å². The molecule has 0 unspecified atom stereocenters. The zero-order chi connectivity index (χ0) is 19.6. The molecule has 1 aliphatic heterocycles. The van der Waals surface area contributed by atoms with E-state index in [0.29, 0.717) is 19.7 Å². The molecule has 0 aliphatic carbocycles. The van der Waals surface area contributed by atoms with E-state index < -0.39 is 0 Å². The molecule has 0 spiro atoms. The normalized spacial score (nSPS) is 13.7. The summed E-state index contributed by atoms with van der Waals surface area (Å²) in [5.74, 6) is 2.75. The molecular formula is C22H32IN5O. The molecule has 0 bridgehead atoms. The molecule has 6 nitrogen and oxygen atoms in total. The second-order valence-corrected chi connectivity index (χ2v) is 7.00. The Bertz CT molecular complexity index is 760. The zero-order valence-electron chi connectivity index (χ0n) is 17.4. The number of aliphatic imine (C=N–C) groups is 1. The van der Waals surface area contributed by atoms with Gasteiger partial charge in [0.05, 0.1) is 13.1 Å². The summed E-state index contributed by atoms with van der Waals surface area (Å²) in [6.07, 6.45) is 4.39. The van der Waals surface area contributed by atoms with Gasteiger partial charge < -0.3 is 20.3 Å². The summed E-state index contributed by atoms with van der Waals surface area (Å²) in [6, 6.07) is 12.3. The van der Waals surface area contributed by atoms with Crippen molar-refractivity contribution in [1.82, 2.24) is 15.6 Å². The van der Waals surface area contributed by atoms with Crippen LogP contribution in [0.3, 0.4) is 0 Å². The standard InChI is InChI=1S/C22H31N5O.HI/c1-3-23-22(25-12-15-28-20-8-6-18(2)7-9-20)26-17-19-10-11-24-21(16-19)27-13-4-5-14-27;/h6-11,16H,3-5,12-15,17H2,1-2H3,(H2,23,25,26);1H. The van der Waals surface area contributed by atoms with Gasteiger partial charge in [0.1, 0.15) is 18.2 Å². The molecule has 1 aliphatic rings. The van der Waals surface area contributed by atoms with Crippen molar-refractivity contribution in [2.24, 2.45) is 4.99 Å². The number of rotatable bonds is 8. The third kappa shape index (κ3) is 7.72. The first-order valence-electron chi connectivity index (χ1n) is 10.2. The van der Waals surface area contributed by atoms with Crippen LogP contribution in [0.2, 0.25) is 0 Å². The number of aryl methyl sites for hydroxylation is 1. The van der Waals surface area contributed by atoms with Crippen LogP contribution in [-0.2, 0) is 6.54 Å². The van der Waals surface area contributed by atoms with Crippen LogP contribution in [-0.4, -0.2) is 43.7 Å². The highest BCUT2D eigenvalue weighted by Gasteiger charge is 2.13. The van der Waals surface area contributed by atoms with Gasteiger partial charge in [0, 0.05) is 25.8 Å². The molecular weight excluding hydrogens is 477 g/mol. The summed E-state index contributed by atoms with van der Waals surface area (Å²) in [4.78, 5) is 11.6. The molecule has 158 valence electrons. The van der Waals surface area contributed by atoms with E-state index >= 15 is 0 Å². The fourth-order valence-electron chi connectivity index (χ4n) is 3.16. The molecule has 2 aromatic rings. The highest BCUT2D eigenvalue weighted by molar-refractivity contribution is 14.0. The van der Waals surface area contributed by atoms with Crippen molar-refractivity contribution in [3.63, 3.8) is 0 Å². The van der Waals surface area contributed by atoms with Gasteiger partial charge in [-0.1, -0.05) is 17.7 Å². The van der Waals surface area contributed by atoms with E-state index in [1.165, 1.54) is 24.0 Å². The molecule has 1 aromatic carbocycles. The van der Waals surface area contributed by atoms with Crippen molar-refractivity contribution in [3.05, 3.63) is 53.7 Å². The monoisotopic (exact) mass is 509 g/mol. The molecule has 1 fully saturated rings. The fraction of sp³-hybridized carbons (Fsp3) is 0.455. The molecule has 2 heterocycles. The number of anilines is 1. The van der Waals surface area contributed by atoms with Gasteiger partial charge in [-0.3, -0.25) is 0 Å². The van der Waals surface area contributed by atoms with E-state index in [1.54, 1.807) is 0 Å². The fourth-order valence-corrected chi connectivity index (χ4v) is 3.16. The molecule has 0 atom stereocenters. The van der Waals surface area contributed by atoms with Gasteiger partial charge in [-0.25, -0.2) is 9.98 Å². The van der Waals surface area contributed by atoms with Crippen molar-refractivity contribution in [1.29, 1.82) is 0 Å². The quantitative estimate of drug-likeness (QED) is 0.246. The van der Waals surface area contributed by atoms with Crippen LogP contribution in [0.4, 0.5) is 5.82 Å². The van der Waals surface area contributed by atoms with Gasteiger partial charge >= 0.3 is 0 Å². The van der Waals surface area contributed by atoms with Gasteiger partial charge in [0.15, 0.2) is 5.96 Å². The maximum absolute atomic E-state index is 5.77. The number of nitrogens with zero attached hydrogens (tertiary/aromatic N) is 3. The van der Waals surface area contributed by atoms with Crippen molar-refractivity contribution < 1.29 is 4.74 Å². The van der Waals surface area contributed by atoms with Crippen molar-refractivity contribution in [2.75, 3.05) is 37.7 Å². The molecule has 1 aromatic heterocycles. The van der Waals surface area contributed by atoms with Crippen LogP contribution in [0.15, 0.2) is 47.6 Å². The lowest BCUT2D eigenvalue weighted by Gasteiger charge is -2.16. The Labute approximate surface area is 191 Å². The number of guanidine groups is 1. The molecule has 29 heavy (non-hydrogen) atoms. The lowest BCUT2D eigenvalue weighted by Crippen LogP contribution is -2.39. The minimum Gasteiger partial charge on any atom is -0.492 e. The third-order valence-electron chi connectivity index (χ3n) is 4.69. The first-order valence-corrected chi connectivity index (χ1v) is 10.2. The number of halogens is 1. The number of hydrogen-bond donors (Lipinski definition) is 2. The molecule has 3 rings (SSSR count). The molecule has 0 amide bonds. The summed E-state index contributed by atoms with van der Waals surface area (Å²) in [5, 5.41) is 6.62. The topological polar surface area (TPSA) is 61.8 Å². The maximum atomic E-state index is 5.77. The lowest BCUT2D eigenvalue weighted by atomic mass is 10.2. The number of pyridine rings is 1. The van der Waals surface area contributed by atoms with E-state index in [9.17, 15) is 0 Å². The third-order valence-corrected chi connectivity index (χ3v) is 4.69. The van der Waals surface area contributed by atoms with Gasteiger partial charge in [0.25, 0.3) is 0 Å². The average Bonchev–Trinajstić information content (AvgIpc) is 3.26. The number of benzene rings is 1. The summed E-state index contributed by atoms with van der Waals surface area (Å²) in [7, 11) is 0. The largest absolute Gasteiger partial charge is 0.492 e. The van der Waals surface area contributed by atoms with Crippen LogP contribution in [0.1, 0.15) is 30.9 Å². The summed E-state index contributed by atoms with van der Waals surface area (Å²) in [5.41, 5.74) is 2.40. The predicted octanol–water partition coefficient (Wildman–Crippen LogP) is 3.74. The van der Waals surface area contributed by atoms with E-state index in [0.717, 1.165) is 37.2 Å². The summed E-state index contributed by atoms with van der Waals surface area (Å²) < 4.78 is 5.77. The molecule has 2 N–H and O–H groups in total. The van der Waals surface area contributed by atoms with E-state index in [2.05, 4.69) is 52.6 Å². The first-order chi connectivity index (χ1) is 13.7. The smallest absolute Gasteiger partial charge is 0.191 e. The summed E-state index contributed by atoms with van der Waals surface area (Å²) in [6.45, 7) is 9.06. The van der Waals surface area contributed by atoms with Crippen molar-refractivity contribution in [3.8, 4) is 5.75 Å². The average molecular weight is 509 g/mol. The second kappa shape index (κ2) is 12.5. The Morgan fingerprint density at radius 1 is 1.14 bits per heavy atom. The van der Waals surface area contributed by atoms with E-state index in [1.807, 2.05) is 24.4 Å². The second-order valence-electron chi connectivity index (χ2n) is 7.00. The van der Waals surface area contributed by atoms with Crippen LogP contribution in [0.5, 0.6) is 5.75 Å². The minimum absolute atomic E-state index is 0. The highest BCUT2D eigenvalue weighted by atomic mass is 127. The Balaban J connectivity index is 0.00000300. The van der Waals surface area contributed by atoms with Gasteiger partial charge in [-0.05, 0) is 56.5 Å². The van der Waals surface area contributed by atoms with Crippen molar-refractivity contribution >= 4 is 35.8 Å². The minimum atomic E-state index is 0. The van der Waals surface area contributed by atoms with Gasteiger partial charge in [-0.2, -0.15) is 0 Å². The predicted molar refractivity (Wildman–Crippen MR) is 131 cm³/mol. The van der Waals surface area contributed by atoms with Crippen LogP contribution in [0.25, 0.3) is 0 Å². The Morgan fingerprint density at radius 3 is 2.62 bits per heavy atom. The van der Waals surface area contributed by atoms with Crippen LogP contribution < -0.4 is 20.3 Å². The van der Waals surface area contributed by atoms with Crippen molar-refractivity contribution in [2.45, 2.75) is 33.2 Å². The molecule has 0 radical (unpaired) electrons. The number of aromatic nitrogens is 1. The van der Waals surface area contributed by atoms with E-state index in [-0.39, 0.29) is 24.0 Å². The number of nitrogens with one attached hydrogen (secondary N) is 2. The highest BCUT2D eigenvalue weighted by Crippen LogP contribution is 2.18.